The number of furan rings is 1. The normalized spacial score (nSPS) is 10.3. The van der Waals surface area contributed by atoms with Crippen LogP contribution in [0, 0.1) is 0 Å². The molecule has 0 saturated carbocycles. The monoisotopic (exact) mass is 221 g/mol. The predicted molar refractivity (Wildman–Crippen MR) is 53.1 cm³/mol. The first-order valence-corrected chi connectivity index (χ1v) is 4.76. The van der Waals surface area contributed by atoms with Crippen LogP contribution >= 0.6 is 0 Å². The van der Waals surface area contributed by atoms with Crippen LogP contribution in [0.15, 0.2) is 22.8 Å². The SMILES string of the molecule is Cn1nnnc1CC(=O)NCc1ccco1. The number of aromatic nitrogens is 4. The van der Waals surface area contributed by atoms with E-state index in [4.69, 9.17) is 4.42 Å². The van der Waals surface area contributed by atoms with Crippen LogP contribution in [0.5, 0.6) is 0 Å². The van der Waals surface area contributed by atoms with Crippen molar-refractivity contribution in [2.45, 2.75) is 13.0 Å². The van der Waals surface area contributed by atoms with Crippen molar-refractivity contribution in [2.75, 3.05) is 0 Å². The van der Waals surface area contributed by atoms with Gasteiger partial charge in [0, 0.05) is 7.05 Å². The number of carbonyl (C=O) groups is 1. The van der Waals surface area contributed by atoms with Crippen LogP contribution in [0.3, 0.4) is 0 Å². The highest BCUT2D eigenvalue weighted by atomic mass is 16.3. The summed E-state index contributed by atoms with van der Waals surface area (Å²) in [4.78, 5) is 11.5. The van der Waals surface area contributed by atoms with Gasteiger partial charge in [-0.25, -0.2) is 4.68 Å². The van der Waals surface area contributed by atoms with Crippen LogP contribution in [-0.2, 0) is 24.8 Å². The maximum absolute atomic E-state index is 11.5. The highest BCUT2D eigenvalue weighted by molar-refractivity contribution is 5.77. The number of carbonyl (C=O) groups excluding carboxylic acids is 1. The zero-order valence-corrected chi connectivity index (χ0v) is 8.75. The number of tetrazole rings is 1. The Labute approximate surface area is 91.4 Å². The van der Waals surface area contributed by atoms with Gasteiger partial charge in [-0.2, -0.15) is 0 Å². The molecule has 0 unspecified atom stereocenters. The Balaban J connectivity index is 1.83. The third-order valence-corrected chi connectivity index (χ3v) is 2.07. The van der Waals surface area contributed by atoms with E-state index in [0.717, 1.165) is 0 Å². The van der Waals surface area contributed by atoms with Gasteiger partial charge in [-0.05, 0) is 22.6 Å². The van der Waals surface area contributed by atoms with Gasteiger partial charge >= 0.3 is 0 Å². The van der Waals surface area contributed by atoms with E-state index in [-0.39, 0.29) is 12.3 Å². The molecule has 0 atom stereocenters. The number of aryl methyl sites for hydroxylation is 1. The molecule has 2 heterocycles. The Morgan fingerprint density at radius 1 is 1.62 bits per heavy atom. The Morgan fingerprint density at radius 2 is 2.50 bits per heavy atom. The van der Waals surface area contributed by atoms with E-state index in [1.807, 2.05) is 0 Å². The van der Waals surface area contributed by atoms with E-state index in [1.54, 1.807) is 25.4 Å². The average molecular weight is 221 g/mol. The lowest BCUT2D eigenvalue weighted by molar-refractivity contribution is -0.120. The van der Waals surface area contributed by atoms with Gasteiger partial charge in [0.25, 0.3) is 0 Å². The van der Waals surface area contributed by atoms with Crippen molar-refractivity contribution in [1.82, 2.24) is 25.5 Å². The molecule has 2 rings (SSSR count). The van der Waals surface area contributed by atoms with Gasteiger partial charge in [0.1, 0.15) is 5.76 Å². The second-order valence-electron chi connectivity index (χ2n) is 3.25. The minimum Gasteiger partial charge on any atom is -0.467 e. The fourth-order valence-corrected chi connectivity index (χ4v) is 1.20. The van der Waals surface area contributed by atoms with Crippen LogP contribution in [0.2, 0.25) is 0 Å². The van der Waals surface area contributed by atoms with Crippen LogP contribution in [0.4, 0.5) is 0 Å². The number of rotatable bonds is 4. The average Bonchev–Trinajstić information content (AvgIpc) is 2.88. The molecule has 0 spiro atoms. The molecule has 0 radical (unpaired) electrons. The summed E-state index contributed by atoms with van der Waals surface area (Å²) in [6.07, 6.45) is 1.72. The molecule has 0 aliphatic heterocycles. The van der Waals surface area contributed by atoms with E-state index in [2.05, 4.69) is 20.8 Å². The Bertz CT molecular complexity index is 462. The van der Waals surface area contributed by atoms with Crippen molar-refractivity contribution in [1.29, 1.82) is 0 Å². The molecule has 0 aromatic carbocycles. The van der Waals surface area contributed by atoms with E-state index >= 15 is 0 Å². The molecule has 2 aromatic rings. The zero-order chi connectivity index (χ0) is 11.4. The lowest BCUT2D eigenvalue weighted by Gasteiger charge is -2.01. The predicted octanol–water partition coefficient (Wildman–Crippen LogP) is -0.338. The molecule has 16 heavy (non-hydrogen) atoms. The molecular weight excluding hydrogens is 210 g/mol. The molecule has 1 amide bonds. The molecule has 0 aliphatic rings. The number of amides is 1. The van der Waals surface area contributed by atoms with Crippen molar-refractivity contribution in [3.8, 4) is 0 Å². The third-order valence-electron chi connectivity index (χ3n) is 2.07. The summed E-state index contributed by atoms with van der Waals surface area (Å²) < 4.78 is 6.55. The Kier molecular flexibility index (Phi) is 2.95. The summed E-state index contributed by atoms with van der Waals surface area (Å²) in [5.74, 6) is 1.09. The first kappa shape index (κ1) is 10.3. The summed E-state index contributed by atoms with van der Waals surface area (Å²) in [6.45, 7) is 0.372. The summed E-state index contributed by atoms with van der Waals surface area (Å²) in [5, 5.41) is 13.5. The minimum atomic E-state index is -0.144. The van der Waals surface area contributed by atoms with Gasteiger partial charge < -0.3 is 9.73 Å². The highest BCUT2D eigenvalue weighted by Gasteiger charge is 2.09. The van der Waals surface area contributed by atoms with Gasteiger partial charge in [-0.1, -0.05) is 0 Å². The van der Waals surface area contributed by atoms with Crippen LogP contribution in [0.25, 0.3) is 0 Å². The van der Waals surface area contributed by atoms with Gasteiger partial charge in [-0.15, -0.1) is 5.10 Å². The van der Waals surface area contributed by atoms with Crippen molar-refractivity contribution >= 4 is 5.91 Å². The summed E-state index contributed by atoms with van der Waals surface area (Å²) in [5.41, 5.74) is 0. The van der Waals surface area contributed by atoms with Crippen LogP contribution < -0.4 is 5.32 Å². The molecule has 0 bridgehead atoms. The zero-order valence-electron chi connectivity index (χ0n) is 8.75. The van der Waals surface area contributed by atoms with Gasteiger partial charge in [0.15, 0.2) is 5.82 Å². The highest BCUT2D eigenvalue weighted by Crippen LogP contribution is 1.99. The minimum absolute atomic E-state index is 0.144. The van der Waals surface area contributed by atoms with Crippen molar-refractivity contribution in [2.24, 2.45) is 7.05 Å². The second kappa shape index (κ2) is 4.56. The summed E-state index contributed by atoms with van der Waals surface area (Å²) in [7, 11) is 1.69. The lowest BCUT2D eigenvalue weighted by atomic mass is 10.3. The summed E-state index contributed by atoms with van der Waals surface area (Å²) >= 11 is 0. The van der Waals surface area contributed by atoms with E-state index in [9.17, 15) is 4.79 Å². The van der Waals surface area contributed by atoms with Crippen LogP contribution in [-0.4, -0.2) is 26.1 Å². The molecule has 7 heteroatoms. The Morgan fingerprint density at radius 3 is 3.12 bits per heavy atom. The third kappa shape index (κ3) is 2.44. The number of hydrogen-bond donors (Lipinski definition) is 1. The second-order valence-corrected chi connectivity index (χ2v) is 3.25. The molecule has 84 valence electrons. The van der Waals surface area contributed by atoms with Gasteiger partial charge in [0.05, 0.1) is 19.2 Å². The first-order chi connectivity index (χ1) is 7.75. The standard InChI is InChI=1S/C9H11N5O2/c1-14-8(11-12-13-14)5-9(15)10-6-7-3-2-4-16-7/h2-4H,5-6H2,1H3,(H,10,15). The first-order valence-electron chi connectivity index (χ1n) is 4.76. The number of hydrogen-bond acceptors (Lipinski definition) is 5. The van der Waals surface area contributed by atoms with Gasteiger partial charge in [-0.3, -0.25) is 4.79 Å². The summed E-state index contributed by atoms with van der Waals surface area (Å²) in [6, 6.07) is 3.57. The van der Waals surface area contributed by atoms with E-state index < -0.39 is 0 Å². The van der Waals surface area contributed by atoms with Gasteiger partial charge in [0.2, 0.25) is 5.91 Å². The smallest absolute Gasteiger partial charge is 0.228 e. The molecule has 0 fully saturated rings. The van der Waals surface area contributed by atoms with Crippen molar-refractivity contribution < 1.29 is 9.21 Å². The molecule has 0 saturated heterocycles. The van der Waals surface area contributed by atoms with Crippen LogP contribution in [0.1, 0.15) is 11.6 Å². The largest absolute Gasteiger partial charge is 0.467 e. The van der Waals surface area contributed by atoms with Crippen molar-refractivity contribution in [3.63, 3.8) is 0 Å². The topological polar surface area (TPSA) is 85.8 Å². The molecule has 2 aromatic heterocycles. The molecule has 7 nitrogen and oxygen atoms in total. The van der Waals surface area contributed by atoms with E-state index in [1.165, 1.54) is 4.68 Å². The Hall–Kier alpha value is -2.18. The lowest BCUT2D eigenvalue weighted by Crippen LogP contribution is -2.25. The molecule has 1 N–H and O–H groups in total. The number of nitrogens with one attached hydrogen (secondary N) is 1. The fraction of sp³-hybridized carbons (Fsp3) is 0.333. The quantitative estimate of drug-likeness (QED) is 0.763. The number of nitrogens with zero attached hydrogens (tertiary/aromatic N) is 4. The maximum atomic E-state index is 11.5. The molecular formula is C9H11N5O2. The molecule has 0 aliphatic carbocycles. The fourth-order valence-electron chi connectivity index (χ4n) is 1.20. The van der Waals surface area contributed by atoms with Crippen molar-refractivity contribution in [3.05, 3.63) is 30.0 Å². The maximum Gasteiger partial charge on any atom is 0.228 e. The van der Waals surface area contributed by atoms with E-state index in [0.29, 0.717) is 18.1 Å².